The molecule has 2 aromatic heterocycles. The summed E-state index contributed by atoms with van der Waals surface area (Å²) in [6, 6.07) is 4.00. The van der Waals surface area contributed by atoms with Gasteiger partial charge in [0.2, 0.25) is 5.95 Å². The van der Waals surface area contributed by atoms with Crippen molar-refractivity contribution in [3.8, 4) is 0 Å². The van der Waals surface area contributed by atoms with E-state index in [0.717, 1.165) is 0 Å². The van der Waals surface area contributed by atoms with Gasteiger partial charge in [0, 0.05) is 4.88 Å². The lowest BCUT2D eigenvalue weighted by molar-refractivity contribution is 1.08. The largest absolute Gasteiger partial charge is 0.393 e. The molecule has 0 spiro atoms. The third-order valence-electron chi connectivity index (χ3n) is 2.01. The fourth-order valence-corrected chi connectivity index (χ4v) is 1.81. The predicted octanol–water partition coefficient (Wildman–Crippen LogP) is 0.897. The molecule has 7 heteroatoms. The quantitative estimate of drug-likeness (QED) is 0.629. The molecule has 2 aromatic rings. The summed E-state index contributed by atoms with van der Waals surface area (Å²) >= 11 is 1.65. The van der Waals surface area contributed by atoms with Crippen LogP contribution in [0, 0.1) is 0 Å². The minimum absolute atomic E-state index is 0.196. The Hall–Kier alpha value is -2.02. The molecule has 0 aliphatic carbocycles. The van der Waals surface area contributed by atoms with Gasteiger partial charge >= 0.3 is 0 Å². The fourth-order valence-electron chi connectivity index (χ4n) is 1.16. The van der Waals surface area contributed by atoms with E-state index in [2.05, 4.69) is 15.3 Å². The molecule has 0 atom stereocenters. The Morgan fingerprint density at radius 1 is 1.19 bits per heavy atom. The van der Waals surface area contributed by atoms with E-state index in [4.69, 9.17) is 17.2 Å². The molecular weight excluding hydrogens is 224 g/mol. The van der Waals surface area contributed by atoms with Gasteiger partial charge in [-0.15, -0.1) is 11.3 Å². The van der Waals surface area contributed by atoms with Crippen LogP contribution in [0.4, 0.5) is 23.3 Å². The van der Waals surface area contributed by atoms with Gasteiger partial charge in [-0.05, 0) is 11.4 Å². The van der Waals surface area contributed by atoms with Crippen molar-refractivity contribution in [2.45, 2.75) is 6.54 Å². The molecule has 0 aromatic carbocycles. The molecule has 0 saturated carbocycles. The number of hydrogen-bond donors (Lipinski definition) is 4. The SMILES string of the molecule is Nc1nc(NCc2cccs2)nc(N)c1N. The average molecular weight is 236 g/mol. The van der Waals surface area contributed by atoms with Crippen LogP contribution in [-0.4, -0.2) is 9.97 Å². The molecule has 0 aliphatic heterocycles. The third kappa shape index (κ3) is 2.14. The first-order valence-electron chi connectivity index (χ1n) is 4.61. The number of anilines is 4. The number of nitrogens with two attached hydrogens (primary N) is 3. The zero-order valence-electron chi connectivity index (χ0n) is 8.47. The molecule has 7 N–H and O–H groups in total. The van der Waals surface area contributed by atoms with E-state index in [-0.39, 0.29) is 17.3 Å². The van der Waals surface area contributed by atoms with Crippen LogP contribution in [0.2, 0.25) is 0 Å². The van der Waals surface area contributed by atoms with Crippen LogP contribution in [0.5, 0.6) is 0 Å². The number of nitrogen functional groups attached to an aromatic ring is 3. The second-order valence-corrected chi connectivity index (χ2v) is 4.20. The van der Waals surface area contributed by atoms with Crippen molar-refractivity contribution in [3.05, 3.63) is 22.4 Å². The molecule has 84 valence electrons. The number of hydrogen-bond acceptors (Lipinski definition) is 7. The maximum absolute atomic E-state index is 5.58. The summed E-state index contributed by atoms with van der Waals surface area (Å²) in [6.07, 6.45) is 0. The van der Waals surface area contributed by atoms with Gasteiger partial charge in [-0.1, -0.05) is 6.07 Å². The van der Waals surface area contributed by atoms with Crippen LogP contribution >= 0.6 is 11.3 Å². The van der Waals surface area contributed by atoms with Gasteiger partial charge in [0.05, 0.1) is 6.54 Å². The lowest BCUT2D eigenvalue weighted by Gasteiger charge is -2.07. The van der Waals surface area contributed by atoms with Gasteiger partial charge < -0.3 is 22.5 Å². The zero-order chi connectivity index (χ0) is 11.5. The van der Waals surface area contributed by atoms with Crippen LogP contribution in [0.1, 0.15) is 4.88 Å². The number of nitrogens with zero attached hydrogens (tertiary/aromatic N) is 2. The van der Waals surface area contributed by atoms with Crippen LogP contribution in [0.3, 0.4) is 0 Å². The summed E-state index contributed by atoms with van der Waals surface area (Å²) in [4.78, 5) is 9.15. The summed E-state index contributed by atoms with van der Waals surface area (Å²) < 4.78 is 0. The smallest absolute Gasteiger partial charge is 0.227 e. The first-order valence-corrected chi connectivity index (χ1v) is 5.49. The predicted molar refractivity (Wildman–Crippen MR) is 66.9 cm³/mol. The number of thiophene rings is 1. The molecule has 0 fully saturated rings. The van der Waals surface area contributed by atoms with Crippen molar-refractivity contribution in [2.75, 3.05) is 22.5 Å². The monoisotopic (exact) mass is 236 g/mol. The molecule has 0 radical (unpaired) electrons. The lowest BCUT2D eigenvalue weighted by atomic mass is 10.4. The van der Waals surface area contributed by atoms with Crippen LogP contribution in [0.25, 0.3) is 0 Å². The summed E-state index contributed by atoms with van der Waals surface area (Å²) in [6.45, 7) is 0.639. The van der Waals surface area contributed by atoms with Crippen molar-refractivity contribution < 1.29 is 0 Å². The minimum Gasteiger partial charge on any atom is -0.393 e. The third-order valence-corrected chi connectivity index (χ3v) is 2.88. The molecule has 2 rings (SSSR count). The molecule has 2 heterocycles. The molecule has 0 unspecified atom stereocenters. The van der Waals surface area contributed by atoms with E-state index in [9.17, 15) is 0 Å². The molecule has 0 amide bonds. The van der Waals surface area contributed by atoms with Crippen LogP contribution in [-0.2, 0) is 6.54 Å². The molecule has 0 saturated heterocycles. The maximum Gasteiger partial charge on any atom is 0.227 e. The first-order chi connectivity index (χ1) is 7.66. The van der Waals surface area contributed by atoms with Crippen molar-refractivity contribution >= 4 is 34.6 Å². The Bertz CT molecular complexity index is 458. The van der Waals surface area contributed by atoms with Gasteiger partial charge in [0.1, 0.15) is 5.69 Å². The summed E-state index contributed by atoms with van der Waals surface area (Å²) in [7, 11) is 0. The van der Waals surface area contributed by atoms with Gasteiger partial charge in [-0.3, -0.25) is 0 Å². The van der Waals surface area contributed by atoms with Crippen molar-refractivity contribution in [1.82, 2.24) is 9.97 Å². The Morgan fingerprint density at radius 2 is 1.88 bits per heavy atom. The first kappa shape index (κ1) is 10.5. The second-order valence-electron chi connectivity index (χ2n) is 3.16. The van der Waals surface area contributed by atoms with Gasteiger partial charge in [-0.2, -0.15) is 9.97 Å². The number of nitrogens with one attached hydrogen (secondary N) is 1. The van der Waals surface area contributed by atoms with E-state index < -0.39 is 0 Å². The van der Waals surface area contributed by atoms with Crippen molar-refractivity contribution in [2.24, 2.45) is 0 Å². The van der Waals surface area contributed by atoms with Crippen LogP contribution < -0.4 is 22.5 Å². The highest BCUT2D eigenvalue weighted by Gasteiger charge is 2.06. The topological polar surface area (TPSA) is 116 Å². The maximum atomic E-state index is 5.58. The highest BCUT2D eigenvalue weighted by Crippen LogP contribution is 2.20. The van der Waals surface area contributed by atoms with E-state index >= 15 is 0 Å². The van der Waals surface area contributed by atoms with Gasteiger partial charge in [0.15, 0.2) is 11.6 Å². The average Bonchev–Trinajstić information content (AvgIpc) is 2.75. The highest BCUT2D eigenvalue weighted by molar-refractivity contribution is 7.09. The number of rotatable bonds is 3. The zero-order valence-corrected chi connectivity index (χ0v) is 9.29. The Balaban J connectivity index is 2.10. The summed E-state index contributed by atoms with van der Waals surface area (Å²) in [5.74, 6) is 0.778. The molecule has 0 bridgehead atoms. The van der Waals surface area contributed by atoms with Crippen molar-refractivity contribution in [3.63, 3.8) is 0 Å². The standard InChI is InChI=1S/C9H12N6S/c10-6-7(11)14-9(15-8(6)12)13-4-5-2-1-3-16-5/h1-3H,4,10H2,(H5,11,12,13,14,15). The highest BCUT2D eigenvalue weighted by atomic mass is 32.1. The molecular formula is C9H12N6S. The van der Waals surface area contributed by atoms with E-state index in [1.54, 1.807) is 11.3 Å². The van der Waals surface area contributed by atoms with Gasteiger partial charge in [-0.25, -0.2) is 0 Å². The lowest BCUT2D eigenvalue weighted by Crippen LogP contribution is -2.09. The van der Waals surface area contributed by atoms with Gasteiger partial charge in [0.25, 0.3) is 0 Å². The Morgan fingerprint density at radius 3 is 2.44 bits per heavy atom. The van der Waals surface area contributed by atoms with E-state index in [0.29, 0.717) is 12.5 Å². The molecule has 16 heavy (non-hydrogen) atoms. The summed E-state index contributed by atoms with van der Waals surface area (Å²) in [5.41, 5.74) is 16.9. The Kier molecular flexibility index (Phi) is 2.78. The Labute approximate surface area is 96.5 Å². The second kappa shape index (κ2) is 4.23. The molecule has 6 nitrogen and oxygen atoms in total. The van der Waals surface area contributed by atoms with E-state index in [1.165, 1.54) is 4.88 Å². The number of aromatic nitrogens is 2. The normalized spacial score (nSPS) is 10.2. The summed E-state index contributed by atoms with van der Waals surface area (Å²) in [5, 5.41) is 5.03. The minimum atomic E-state index is 0.196. The fraction of sp³-hybridized carbons (Fsp3) is 0.111. The molecule has 0 aliphatic rings. The van der Waals surface area contributed by atoms with Crippen molar-refractivity contribution in [1.29, 1.82) is 0 Å². The van der Waals surface area contributed by atoms with E-state index in [1.807, 2.05) is 17.5 Å². The van der Waals surface area contributed by atoms with Crippen LogP contribution in [0.15, 0.2) is 17.5 Å².